The van der Waals surface area contributed by atoms with Gasteiger partial charge in [0.05, 0.1) is 6.10 Å². The van der Waals surface area contributed by atoms with Gasteiger partial charge in [-0.15, -0.1) is 0 Å². The Morgan fingerprint density at radius 1 is 1.43 bits per heavy atom. The van der Waals surface area contributed by atoms with Crippen molar-refractivity contribution in [3.05, 3.63) is 31.2 Å². The largest absolute Gasteiger partial charge is 0.388 e. The molecule has 1 unspecified atom stereocenters. The van der Waals surface area contributed by atoms with Crippen LogP contribution in [-0.2, 0) is 6.42 Å². The molecule has 0 spiro atoms. The number of halogens is 2. The molecular formula is C10H8Br2O2. The quantitative estimate of drug-likeness (QED) is 0.808. The molecule has 2 nitrogen and oxygen atoms in total. The second-order valence-electron chi connectivity index (χ2n) is 3.40. The number of hydrogen-bond donors (Lipinski definition) is 1. The molecule has 0 radical (unpaired) electrons. The molecule has 0 bridgehead atoms. The smallest absolute Gasteiger partial charge is 0.151 e. The van der Waals surface area contributed by atoms with E-state index in [-0.39, 0.29) is 0 Å². The normalized spacial score (nSPS) is 18.7. The van der Waals surface area contributed by atoms with E-state index >= 15 is 0 Å². The molecule has 0 heterocycles. The number of benzene rings is 1. The molecule has 74 valence electrons. The van der Waals surface area contributed by atoms with Crippen molar-refractivity contribution < 1.29 is 9.90 Å². The molecule has 0 amide bonds. The molecule has 0 aliphatic heterocycles. The highest BCUT2D eigenvalue weighted by molar-refractivity contribution is 9.11. The van der Waals surface area contributed by atoms with Crippen molar-refractivity contribution in [1.82, 2.24) is 0 Å². The van der Waals surface area contributed by atoms with Crippen molar-refractivity contribution in [2.24, 2.45) is 0 Å². The molecule has 0 aromatic heterocycles. The average Bonchev–Trinajstić information content (AvgIpc) is 2.12. The molecule has 1 aromatic carbocycles. The lowest BCUT2D eigenvalue weighted by molar-refractivity contribution is 0.112. The van der Waals surface area contributed by atoms with E-state index in [4.69, 9.17) is 0 Å². The average molecular weight is 320 g/mol. The number of hydrogen-bond acceptors (Lipinski definition) is 2. The van der Waals surface area contributed by atoms with Crippen LogP contribution in [0.25, 0.3) is 0 Å². The summed E-state index contributed by atoms with van der Waals surface area (Å²) in [6, 6.07) is 0. The Labute approximate surface area is 98.6 Å². The van der Waals surface area contributed by atoms with Crippen LogP contribution in [-0.4, -0.2) is 11.4 Å². The minimum atomic E-state index is -0.435. The lowest BCUT2D eigenvalue weighted by Crippen LogP contribution is -2.20. The second-order valence-corrected chi connectivity index (χ2v) is 4.98. The summed E-state index contributed by atoms with van der Waals surface area (Å²) in [6.07, 6.45) is 1.04. The predicted octanol–water partition coefficient (Wildman–Crippen LogP) is 2.92. The van der Waals surface area contributed by atoms with Gasteiger partial charge >= 0.3 is 0 Å². The molecule has 1 aromatic rings. The minimum Gasteiger partial charge on any atom is -0.388 e. The van der Waals surface area contributed by atoms with Crippen LogP contribution in [0.5, 0.6) is 0 Å². The monoisotopic (exact) mass is 318 g/mol. The van der Waals surface area contributed by atoms with E-state index in [1.54, 1.807) is 0 Å². The highest BCUT2D eigenvalue weighted by atomic mass is 79.9. The van der Waals surface area contributed by atoms with Crippen LogP contribution in [0.15, 0.2) is 8.95 Å². The van der Waals surface area contributed by atoms with Gasteiger partial charge in [0.25, 0.3) is 0 Å². The summed E-state index contributed by atoms with van der Waals surface area (Å²) in [5, 5.41) is 9.55. The third-order valence-corrected chi connectivity index (χ3v) is 4.57. The van der Waals surface area contributed by atoms with Gasteiger partial charge in [0.2, 0.25) is 0 Å². The van der Waals surface area contributed by atoms with Crippen LogP contribution in [0.1, 0.15) is 33.2 Å². The fraction of sp³-hybridized carbons (Fsp3) is 0.300. The topological polar surface area (TPSA) is 37.3 Å². The van der Waals surface area contributed by atoms with E-state index in [9.17, 15) is 9.90 Å². The third-order valence-electron chi connectivity index (χ3n) is 2.64. The Morgan fingerprint density at radius 2 is 2.07 bits per heavy atom. The first kappa shape index (κ1) is 10.3. The number of rotatable bonds is 1. The van der Waals surface area contributed by atoms with Crippen LogP contribution < -0.4 is 0 Å². The van der Waals surface area contributed by atoms with Gasteiger partial charge in [0.1, 0.15) is 0 Å². The molecule has 1 atom stereocenters. The fourth-order valence-corrected chi connectivity index (χ4v) is 3.24. The summed E-state index contributed by atoms with van der Waals surface area (Å²) in [7, 11) is 0. The van der Waals surface area contributed by atoms with Gasteiger partial charge in [-0.05, 0) is 34.0 Å². The van der Waals surface area contributed by atoms with Crippen LogP contribution in [0.4, 0.5) is 0 Å². The third kappa shape index (κ3) is 1.21. The number of aldehydes is 1. The van der Waals surface area contributed by atoms with Gasteiger partial charge in [0, 0.05) is 26.5 Å². The summed E-state index contributed by atoms with van der Waals surface area (Å²) in [6.45, 7) is 1.89. The number of carbonyl (C=O) groups excluding carboxylic acids is 1. The van der Waals surface area contributed by atoms with Crippen molar-refractivity contribution in [3.63, 3.8) is 0 Å². The van der Waals surface area contributed by atoms with Crippen molar-refractivity contribution in [2.45, 2.75) is 19.4 Å². The lowest BCUT2D eigenvalue weighted by atomic mass is 9.83. The molecule has 4 heteroatoms. The van der Waals surface area contributed by atoms with Crippen LogP contribution in [0.2, 0.25) is 0 Å². The van der Waals surface area contributed by atoms with E-state index in [0.717, 1.165) is 31.9 Å². The molecular weight excluding hydrogens is 312 g/mol. The van der Waals surface area contributed by atoms with Crippen LogP contribution in [0, 0.1) is 6.92 Å². The SMILES string of the molecule is Cc1c(Br)c2c(c(Br)c1C=O)C(O)C2. The Balaban J connectivity index is 2.77. The number of aliphatic hydroxyl groups excluding tert-OH is 1. The summed E-state index contributed by atoms with van der Waals surface area (Å²) >= 11 is 6.80. The summed E-state index contributed by atoms with van der Waals surface area (Å²) in [5.74, 6) is 0. The van der Waals surface area contributed by atoms with E-state index in [0.29, 0.717) is 12.0 Å². The first-order chi connectivity index (χ1) is 6.57. The molecule has 0 saturated heterocycles. The maximum Gasteiger partial charge on any atom is 0.151 e. The molecule has 1 aliphatic carbocycles. The van der Waals surface area contributed by atoms with Gasteiger partial charge in [-0.25, -0.2) is 0 Å². The van der Waals surface area contributed by atoms with E-state index in [2.05, 4.69) is 31.9 Å². The highest BCUT2D eigenvalue weighted by Gasteiger charge is 2.31. The Kier molecular flexibility index (Phi) is 2.53. The zero-order valence-corrected chi connectivity index (χ0v) is 10.6. The fourth-order valence-electron chi connectivity index (χ4n) is 1.76. The zero-order valence-electron chi connectivity index (χ0n) is 7.47. The Bertz CT molecular complexity index is 427. The Hall–Kier alpha value is -0.190. The lowest BCUT2D eigenvalue weighted by Gasteiger charge is -2.30. The van der Waals surface area contributed by atoms with Crippen molar-refractivity contribution >= 4 is 38.1 Å². The standard InChI is InChI=1S/C10H8Br2O2/c1-4-6(3-13)10(12)8-5(9(4)11)2-7(8)14/h3,7,14H,2H2,1H3. The van der Waals surface area contributed by atoms with Crippen molar-refractivity contribution in [2.75, 3.05) is 0 Å². The van der Waals surface area contributed by atoms with Crippen LogP contribution in [0.3, 0.4) is 0 Å². The predicted molar refractivity (Wildman–Crippen MR) is 60.6 cm³/mol. The zero-order chi connectivity index (χ0) is 10.5. The summed E-state index contributed by atoms with van der Waals surface area (Å²) in [4.78, 5) is 10.9. The van der Waals surface area contributed by atoms with Gasteiger partial charge in [0.15, 0.2) is 6.29 Å². The van der Waals surface area contributed by atoms with Gasteiger partial charge < -0.3 is 5.11 Å². The first-order valence-corrected chi connectivity index (χ1v) is 5.80. The van der Waals surface area contributed by atoms with E-state index < -0.39 is 6.10 Å². The summed E-state index contributed by atoms with van der Waals surface area (Å²) < 4.78 is 1.69. The van der Waals surface area contributed by atoms with E-state index in [1.165, 1.54) is 0 Å². The highest BCUT2D eigenvalue weighted by Crippen LogP contribution is 2.45. The van der Waals surface area contributed by atoms with Crippen LogP contribution >= 0.6 is 31.9 Å². The van der Waals surface area contributed by atoms with Crippen molar-refractivity contribution in [3.8, 4) is 0 Å². The van der Waals surface area contributed by atoms with Gasteiger partial charge in [-0.3, -0.25) is 4.79 Å². The maximum atomic E-state index is 10.9. The molecule has 1 N–H and O–H groups in total. The first-order valence-electron chi connectivity index (χ1n) is 4.21. The Morgan fingerprint density at radius 3 is 2.57 bits per heavy atom. The van der Waals surface area contributed by atoms with E-state index in [1.807, 2.05) is 6.92 Å². The minimum absolute atomic E-state index is 0.435. The van der Waals surface area contributed by atoms with Crippen molar-refractivity contribution in [1.29, 1.82) is 0 Å². The second kappa shape index (κ2) is 3.43. The molecule has 0 saturated carbocycles. The maximum absolute atomic E-state index is 10.9. The number of carbonyl (C=O) groups is 1. The van der Waals surface area contributed by atoms with Gasteiger partial charge in [-0.1, -0.05) is 15.9 Å². The number of aliphatic hydroxyl groups is 1. The number of fused-ring (bicyclic) bond motifs is 1. The molecule has 14 heavy (non-hydrogen) atoms. The van der Waals surface area contributed by atoms with Gasteiger partial charge in [-0.2, -0.15) is 0 Å². The molecule has 1 aliphatic rings. The molecule has 0 fully saturated rings. The summed E-state index contributed by atoms with van der Waals surface area (Å²) in [5.41, 5.74) is 3.50. The molecule has 2 rings (SSSR count).